The SMILES string of the molecule is CCOC(=O)OCC(OC(CO)c1ccc(C(F)(F)F)c(Cc2ccc(CC)cc2)c1)C(O)(F)F. The van der Waals surface area contributed by atoms with Gasteiger partial charge in [0.15, 0.2) is 6.10 Å². The fraction of sp³-hybridized carbons (Fsp3) is 0.458. The standard InChI is InChI=1S/C24H27F5O6/c1-3-15-5-7-16(8-6-15)11-18-12-17(9-10-19(18)23(25,26)27)20(13-30)35-21(24(28,29)32)14-34-22(31)33-4-2/h5-10,12,20-21,30,32H,3-4,11,13-14H2,1-2H3. The molecule has 0 amide bonds. The van der Waals surface area contributed by atoms with E-state index in [2.05, 4.69) is 9.47 Å². The molecule has 0 radical (unpaired) electrons. The molecule has 35 heavy (non-hydrogen) atoms. The second-order valence-electron chi connectivity index (χ2n) is 7.64. The number of ether oxygens (including phenoxy) is 3. The number of hydrogen-bond acceptors (Lipinski definition) is 6. The van der Waals surface area contributed by atoms with Crippen LogP contribution in [0.1, 0.15) is 47.8 Å². The van der Waals surface area contributed by atoms with Gasteiger partial charge in [0.05, 0.1) is 18.8 Å². The van der Waals surface area contributed by atoms with Crippen LogP contribution < -0.4 is 0 Å². The Morgan fingerprint density at radius 3 is 2.11 bits per heavy atom. The maximum absolute atomic E-state index is 13.7. The van der Waals surface area contributed by atoms with Crippen molar-refractivity contribution in [3.8, 4) is 0 Å². The Bertz CT molecular complexity index is 956. The molecule has 6 nitrogen and oxygen atoms in total. The monoisotopic (exact) mass is 506 g/mol. The van der Waals surface area contributed by atoms with Gasteiger partial charge in [0, 0.05) is 0 Å². The minimum Gasteiger partial charge on any atom is -0.435 e. The summed E-state index contributed by atoms with van der Waals surface area (Å²) in [6.45, 7) is 1.28. The molecule has 0 heterocycles. The van der Waals surface area contributed by atoms with Gasteiger partial charge in [0.25, 0.3) is 0 Å². The predicted octanol–water partition coefficient (Wildman–Crippen LogP) is 5.04. The van der Waals surface area contributed by atoms with Gasteiger partial charge in [-0.15, -0.1) is 0 Å². The van der Waals surface area contributed by atoms with Crippen LogP contribution in [0, 0.1) is 0 Å². The van der Waals surface area contributed by atoms with Crippen LogP contribution in [0.3, 0.4) is 0 Å². The zero-order valence-corrected chi connectivity index (χ0v) is 19.1. The minimum atomic E-state index is -4.68. The highest BCUT2D eigenvalue weighted by molar-refractivity contribution is 5.59. The van der Waals surface area contributed by atoms with Crippen molar-refractivity contribution in [1.29, 1.82) is 0 Å². The number of aliphatic hydroxyl groups excluding tert-OH is 1. The summed E-state index contributed by atoms with van der Waals surface area (Å²) in [7, 11) is 0. The van der Waals surface area contributed by atoms with Gasteiger partial charge in [-0.25, -0.2) is 4.79 Å². The molecule has 194 valence electrons. The molecule has 0 saturated carbocycles. The molecule has 2 rings (SSSR count). The van der Waals surface area contributed by atoms with Crippen LogP contribution in [-0.4, -0.2) is 48.4 Å². The van der Waals surface area contributed by atoms with E-state index in [4.69, 9.17) is 9.84 Å². The Morgan fingerprint density at radius 2 is 1.60 bits per heavy atom. The highest BCUT2D eigenvalue weighted by Crippen LogP contribution is 2.35. The van der Waals surface area contributed by atoms with E-state index in [1.165, 1.54) is 6.92 Å². The smallest absolute Gasteiger partial charge is 0.435 e. The lowest BCUT2D eigenvalue weighted by Crippen LogP contribution is -2.41. The Balaban J connectivity index is 2.34. The van der Waals surface area contributed by atoms with E-state index in [1.54, 1.807) is 24.3 Å². The van der Waals surface area contributed by atoms with Crippen molar-refractivity contribution in [3.05, 3.63) is 70.3 Å². The van der Waals surface area contributed by atoms with Gasteiger partial charge in [-0.2, -0.15) is 22.0 Å². The Morgan fingerprint density at radius 1 is 0.971 bits per heavy atom. The average molecular weight is 506 g/mol. The summed E-state index contributed by atoms with van der Waals surface area (Å²) in [6, 6.07) is 9.86. The maximum Gasteiger partial charge on any atom is 0.508 e. The fourth-order valence-corrected chi connectivity index (χ4v) is 3.30. The van der Waals surface area contributed by atoms with Gasteiger partial charge in [-0.1, -0.05) is 43.3 Å². The molecule has 2 aromatic carbocycles. The number of benzene rings is 2. The fourth-order valence-electron chi connectivity index (χ4n) is 3.30. The first kappa shape index (κ1) is 28.5. The predicted molar refractivity (Wildman–Crippen MR) is 115 cm³/mol. The van der Waals surface area contributed by atoms with Crippen molar-refractivity contribution in [3.63, 3.8) is 0 Å². The van der Waals surface area contributed by atoms with Crippen LogP contribution in [0.25, 0.3) is 0 Å². The number of carbonyl (C=O) groups is 1. The quantitative estimate of drug-likeness (QED) is 0.328. The van der Waals surface area contributed by atoms with Gasteiger partial charge in [-0.3, -0.25) is 0 Å². The van der Waals surface area contributed by atoms with Crippen LogP contribution in [0.2, 0.25) is 0 Å². The number of hydrogen-bond donors (Lipinski definition) is 2. The molecule has 0 aliphatic heterocycles. The Labute approximate surface area is 199 Å². The number of rotatable bonds is 11. The van der Waals surface area contributed by atoms with Crippen LogP contribution in [0.15, 0.2) is 42.5 Å². The second-order valence-corrected chi connectivity index (χ2v) is 7.64. The third-order valence-corrected chi connectivity index (χ3v) is 5.13. The second kappa shape index (κ2) is 12.3. The van der Waals surface area contributed by atoms with Crippen molar-refractivity contribution in [1.82, 2.24) is 0 Å². The molecule has 0 saturated heterocycles. The van der Waals surface area contributed by atoms with Crippen molar-refractivity contribution in [2.24, 2.45) is 0 Å². The molecule has 0 fully saturated rings. The molecule has 0 spiro atoms. The largest absolute Gasteiger partial charge is 0.508 e. The zero-order chi connectivity index (χ0) is 26.2. The normalized spacial score (nSPS) is 13.9. The number of carbonyl (C=O) groups excluding carboxylic acids is 1. The molecular formula is C24H27F5O6. The highest BCUT2D eigenvalue weighted by atomic mass is 19.4. The average Bonchev–Trinajstić information content (AvgIpc) is 2.78. The molecule has 2 unspecified atom stereocenters. The first-order valence-corrected chi connectivity index (χ1v) is 10.8. The van der Waals surface area contributed by atoms with Crippen LogP contribution in [0.4, 0.5) is 26.7 Å². The molecule has 0 aromatic heterocycles. The van der Waals surface area contributed by atoms with E-state index in [0.29, 0.717) is 5.56 Å². The minimum absolute atomic E-state index is 0.0361. The molecule has 0 bridgehead atoms. The van der Waals surface area contributed by atoms with Crippen molar-refractivity contribution in [2.75, 3.05) is 19.8 Å². The lowest BCUT2D eigenvalue weighted by molar-refractivity contribution is -0.289. The van der Waals surface area contributed by atoms with E-state index in [-0.39, 0.29) is 24.2 Å². The van der Waals surface area contributed by atoms with E-state index in [0.717, 1.165) is 30.2 Å². The lowest BCUT2D eigenvalue weighted by atomic mass is 9.95. The van der Waals surface area contributed by atoms with Crippen LogP contribution in [0.5, 0.6) is 0 Å². The molecule has 2 aromatic rings. The molecule has 0 aliphatic rings. The summed E-state index contributed by atoms with van der Waals surface area (Å²) >= 11 is 0. The van der Waals surface area contributed by atoms with Gasteiger partial charge < -0.3 is 24.4 Å². The molecular weight excluding hydrogens is 479 g/mol. The topological polar surface area (TPSA) is 85.2 Å². The van der Waals surface area contributed by atoms with E-state index < -0.39 is 49.4 Å². The van der Waals surface area contributed by atoms with Crippen molar-refractivity contribution < 1.29 is 51.2 Å². The number of aliphatic hydroxyl groups is 2. The van der Waals surface area contributed by atoms with E-state index in [1.807, 2.05) is 6.92 Å². The highest BCUT2D eigenvalue weighted by Gasteiger charge is 2.41. The molecule has 2 N–H and O–H groups in total. The Hall–Kier alpha value is -2.76. The van der Waals surface area contributed by atoms with Gasteiger partial charge in [-0.05, 0) is 48.1 Å². The van der Waals surface area contributed by atoms with Crippen molar-refractivity contribution >= 4 is 6.16 Å². The summed E-state index contributed by atoms with van der Waals surface area (Å²) in [4.78, 5) is 11.3. The third-order valence-electron chi connectivity index (χ3n) is 5.13. The number of halogens is 5. The molecule has 11 heteroatoms. The summed E-state index contributed by atoms with van der Waals surface area (Å²) in [6.07, 6.45) is -13.8. The van der Waals surface area contributed by atoms with Gasteiger partial charge in [0.1, 0.15) is 12.7 Å². The molecule has 2 atom stereocenters. The van der Waals surface area contributed by atoms with Crippen molar-refractivity contribution in [2.45, 2.75) is 51.2 Å². The molecule has 0 aliphatic carbocycles. The van der Waals surface area contributed by atoms with Crippen LogP contribution in [-0.2, 0) is 33.2 Å². The summed E-state index contributed by atoms with van der Waals surface area (Å²) < 4.78 is 82.2. The first-order chi connectivity index (χ1) is 16.4. The van der Waals surface area contributed by atoms with Gasteiger partial charge >= 0.3 is 18.4 Å². The van der Waals surface area contributed by atoms with Gasteiger partial charge in [0.2, 0.25) is 0 Å². The summed E-state index contributed by atoms with van der Waals surface area (Å²) in [5.41, 5.74) is 0.483. The van der Waals surface area contributed by atoms with Crippen LogP contribution >= 0.6 is 0 Å². The Kier molecular flexibility index (Phi) is 9.99. The summed E-state index contributed by atoms with van der Waals surface area (Å²) in [5, 5.41) is 18.9. The third kappa shape index (κ3) is 8.44. The number of alkyl halides is 5. The number of aryl methyl sites for hydroxylation is 1. The van der Waals surface area contributed by atoms with E-state index >= 15 is 0 Å². The summed E-state index contributed by atoms with van der Waals surface area (Å²) in [5.74, 6) is 0. The first-order valence-electron chi connectivity index (χ1n) is 10.8. The maximum atomic E-state index is 13.7. The zero-order valence-electron chi connectivity index (χ0n) is 19.1. The lowest BCUT2D eigenvalue weighted by Gasteiger charge is -2.27. The van der Waals surface area contributed by atoms with E-state index in [9.17, 15) is 31.9 Å².